The van der Waals surface area contributed by atoms with Gasteiger partial charge in [-0.2, -0.15) is 0 Å². The number of amides is 2. The lowest BCUT2D eigenvalue weighted by Gasteiger charge is -2.18. The van der Waals surface area contributed by atoms with Gasteiger partial charge in [-0.3, -0.25) is 9.59 Å². The summed E-state index contributed by atoms with van der Waals surface area (Å²) in [6.45, 7) is 2.21. The quantitative estimate of drug-likeness (QED) is 0.640. The molecule has 1 heterocycles. The van der Waals surface area contributed by atoms with Crippen LogP contribution < -0.4 is 11.1 Å². The first-order valence-corrected chi connectivity index (χ1v) is 10.7. The molecule has 1 aliphatic carbocycles. The Hall–Kier alpha value is -2.92. The number of benzene rings is 2. The lowest BCUT2D eigenvalue weighted by Crippen LogP contribution is -2.19. The number of nitrogens with two attached hydrogens (primary N) is 1. The Labute approximate surface area is 174 Å². The number of nitrogens with one attached hydrogen (secondary N) is 1. The van der Waals surface area contributed by atoms with Crippen molar-refractivity contribution in [3.8, 4) is 0 Å². The van der Waals surface area contributed by atoms with Gasteiger partial charge in [0.2, 0.25) is 0 Å². The molecule has 148 valence electrons. The molecule has 3 N–H and O–H groups in total. The third-order valence-corrected chi connectivity index (χ3v) is 6.62. The van der Waals surface area contributed by atoms with E-state index in [1.807, 2.05) is 42.5 Å². The maximum absolute atomic E-state index is 12.8. The summed E-state index contributed by atoms with van der Waals surface area (Å²) < 4.78 is 0. The van der Waals surface area contributed by atoms with E-state index < -0.39 is 5.91 Å². The zero-order valence-electron chi connectivity index (χ0n) is 16.4. The van der Waals surface area contributed by atoms with Crippen molar-refractivity contribution in [3.63, 3.8) is 0 Å². The lowest BCUT2D eigenvalue weighted by molar-refractivity contribution is 0.1000. The van der Waals surface area contributed by atoms with Crippen LogP contribution in [0.1, 0.15) is 55.6 Å². The van der Waals surface area contributed by atoms with E-state index in [1.165, 1.54) is 21.8 Å². The van der Waals surface area contributed by atoms with Gasteiger partial charge in [0.1, 0.15) is 5.00 Å². The van der Waals surface area contributed by atoms with Crippen LogP contribution in [0.15, 0.2) is 54.6 Å². The smallest absolute Gasteiger partial charge is 0.256 e. The number of carbonyl (C=O) groups excluding carboxylic acids is 2. The molecule has 2 amide bonds. The maximum Gasteiger partial charge on any atom is 0.256 e. The monoisotopic (exact) mass is 404 g/mol. The minimum Gasteiger partial charge on any atom is -0.365 e. The standard InChI is InChI=1S/C24H24N2O2S/c1-15-7-12-19-20(13-15)29-24(21(19)22(25)27)26-23(28)18-10-8-17(9-11-18)14-16-5-3-2-4-6-16/h2-6,8-11,15H,7,12-14H2,1H3,(H2,25,27)(H,26,28)/t15-/m0/s1. The second kappa shape index (κ2) is 8.21. The molecule has 5 heteroatoms. The summed E-state index contributed by atoms with van der Waals surface area (Å²) in [5, 5.41) is 3.51. The van der Waals surface area contributed by atoms with Gasteiger partial charge in [0.25, 0.3) is 11.8 Å². The van der Waals surface area contributed by atoms with Crippen LogP contribution in [0, 0.1) is 5.92 Å². The number of primary amides is 1. The summed E-state index contributed by atoms with van der Waals surface area (Å²) in [6, 6.07) is 17.8. The van der Waals surface area contributed by atoms with E-state index in [0.717, 1.165) is 36.8 Å². The predicted molar refractivity (Wildman–Crippen MR) is 118 cm³/mol. The average molecular weight is 405 g/mol. The van der Waals surface area contributed by atoms with Gasteiger partial charge >= 0.3 is 0 Å². The van der Waals surface area contributed by atoms with Crippen molar-refractivity contribution in [2.75, 3.05) is 5.32 Å². The van der Waals surface area contributed by atoms with Gasteiger partial charge < -0.3 is 11.1 Å². The number of rotatable bonds is 5. The number of hydrogen-bond acceptors (Lipinski definition) is 3. The fourth-order valence-electron chi connectivity index (χ4n) is 3.88. The molecule has 0 saturated heterocycles. The van der Waals surface area contributed by atoms with Crippen LogP contribution >= 0.6 is 11.3 Å². The molecule has 0 spiro atoms. The van der Waals surface area contributed by atoms with Crippen LogP contribution in [0.4, 0.5) is 5.00 Å². The molecule has 3 aromatic rings. The highest BCUT2D eigenvalue weighted by atomic mass is 32.1. The van der Waals surface area contributed by atoms with Gasteiger partial charge in [-0.05, 0) is 60.4 Å². The van der Waals surface area contributed by atoms with Gasteiger partial charge in [-0.1, -0.05) is 49.4 Å². The van der Waals surface area contributed by atoms with Gasteiger partial charge in [0.05, 0.1) is 5.56 Å². The van der Waals surface area contributed by atoms with Crippen molar-refractivity contribution in [3.05, 3.63) is 87.3 Å². The average Bonchev–Trinajstić information content (AvgIpc) is 3.06. The van der Waals surface area contributed by atoms with Gasteiger partial charge in [0.15, 0.2) is 0 Å². The van der Waals surface area contributed by atoms with Gasteiger partial charge in [-0.15, -0.1) is 11.3 Å². The Kier molecular flexibility index (Phi) is 5.49. The molecule has 4 nitrogen and oxygen atoms in total. The SMILES string of the molecule is C[C@H]1CCc2c(sc(NC(=O)c3ccc(Cc4ccccc4)cc3)c2C(N)=O)C1. The summed E-state index contributed by atoms with van der Waals surface area (Å²) in [4.78, 5) is 26.0. The molecule has 0 radical (unpaired) electrons. The van der Waals surface area contributed by atoms with E-state index in [2.05, 4.69) is 24.4 Å². The Morgan fingerprint density at radius 1 is 1.07 bits per heavy atom. The molecular weight excluding hydrogens is 380 g/mol. The molecule has 0 unspecified atom stereocenters. The molecule has 1 aliphatic rings. The molecule has 0 saturated carbocycles. The van der Waals surface area contributed by atoms with Crippen molar-refractivity contribution in [1.82, 2.24) is 0 Å². The highest BCUT2D eigenvalue weighted by molar-refractivity contribution is 7.17. The molecule has 1 atom stereocenters. The summed E-state index contributed by atoms with van der Waals surface area (Å²) in [7, 11) is 0. The van der Waals surface area contributed by atoms with Crippen molar-refractivity contribution < 1.29 is 9.59 Å². The number of carbonyl (C=O) groups is 2. The molecule has 29 heavy (non-hydrogen) atoms. The van der Waals surface area contributed by atoms with Gasteiger partial charge in [-0.25, -0.2) is 0 Å². The number of hydrogen-bond donors (Lipinski definition) is 2. The van der Waals surface area contributed by atoms with Crippen molar-refractivity contribution in [1.29, 1.82) is 0 Å². The minimum atomic E-state index is -0.467. The predicted octanol–water partition coefficient (Wildman–Crippen LogP) is 4.81. The fraction of sp³-hybridized carbons (Fsp3) is 0.250. The third kappa shape index (κ3) is 4.25. The third-order valence-electron chi connectivity index (χ3n) is 5.45. The van der Waals surface area contributed by atoms with Crippen LogP contribution in [0.3, 0.4) is 0 Å². The van der Waals surface area contributed by atoms with E-state index in [-0.39, 0.29) is 5.91 Å². The Morgan fingerprint density at radius 2 is 1.76 bits per heavy atom. The largest absolute Gasteiger partial charge is 0.365 e. The first kappa shape index (κ1) is 19.4. The summed E-state index contributed by atoms with van der Waals surface area (Å²) >= 11 is 1.49. The van der Waals surface area contributed by atoms with Crippen LogP contribution in [-0.4, -0.2) is 11.8 Å². The lowest BCUT2D eigenvalue weighted by atomic mass is 9.88. The second-order valence-electron chi connectivity index (χ2n) is 7.73. The van der Waals surface area contributed by atoms with E-state index in [9.17, 15) is 9.59 Å². The van der Waals surface area contributed by atoms with E-state index >= 15 is 0 Å². The van der Waals surface area contributed by atoms with Crippen LogP contribution in [0.25, 0.3) is 0 Å². The molecule has 0 bridgehead atoms. The van der Waals surface area contributed by atoms with Crippen molar-refractivity contribution in [2.45, 2.75) is 32.6 Å². The van der Waals surface area contributed by atoms with Crippen molar-refractivity contribution in [2.24, 2.45) is 11.7 Å². The Morgan fingerprint density at radius 3 is 2.45 bits per heavy atom. The van der Waals surface area contributed by atoms with E-state index in [4.69, 9.17) is 5.73 Å². The first-order chi connectivity index (χ1) is 14.0. The summed E-state index contributed by atoms with van der Waals surface area (Å²) in [5.74, 6) is -0.0986. The fourth-order valence-corrected chi connectivity index (χ4v) is 5.29. The first-order valence-electron chi connectivity index (χ1n) is 9.90. The molecule has 2 aromatic carbocycles. The van der Waals surface area contributed by atoms with E-state index in [1.54, 1.807) is 0 Å². The van der Waals surface area contributed by atoms with Gasteiger partial charge in [0, 0.05) is 10.4 Å². The maximum atomic E-state index is 12.8. The highest BCUT2D eigenvalue weighted by Gasteiger charge is 2.27. The van der Waals surface area contributed by atoms with Crippen LogP contribution in [0.2, 0.25) is 0 Å². The zero-order chi connectivity index (χ0) is 20.4. The minimum absolute atomic E-state index is 0.217. The van der Waals surface area contributed by atoms with E-state index in [0.29, 0.717) is 22.0 Å². The van der Waals surface area contributed by atoms with Crippen molar-refractivity contribution >= 4 is 28.2 Å². The topological polar surface area (TPSA) is 72.2 Å². The normalized spacial score (nSPS) is 15.6. The number of anilines is 1. The number of fused-ring (bicyclic) bond motifs is 1. The summed E-state index contributed by atoms with van der Waals surface area (Å²) in [5.41, 5.74) is 10.1. The summed E-state index contributed by atoms with van der Waals surface area (Å²) in [6.07, 6.45) is 3.64. The molecule has 0 aliphatic heterocycles. The second-order valence-corrected chi connectivity index (χ2v) is 8.84. The molecule has 0 fully saturated rings. The highest BCUT2D eigenvalue weighted by Crippen LogP contribution is 2.39. The molecular formula is C24H24N2O2S. The zero-order valence-corrected chi connectivity index (χ0v) is 17.2. The van der Waals surface area contributed by atoms with Crippen LogP contribution in [0.5, 0.6) is 0 Å². The Bertz CT molecular complexity index is 1040. The Balaban J connectivity index is 1.52. The van der Waals surface area contributed by atoms with Crippen LogP contribution in [-0.2, 0) is 19.3 Å². The number of thiophene rings is 1. The molecule has 1 aromatic heterocycles. The molecule has 4 rings (SSSR count).